The van der Waals surface area contributed by atoms with Crippen molar-refractivity contribution in [3.05, 3.63) is 35.9 Å². The van der Waals surface area contributed by atoms with Gasteiger partial charge in [-0.15, -0.1) is 0 Å². The zero-order chi connectivity index (χ0) is 28.1. The maximum absolute atomic E-state index is 12.4. The molecule has 0 radical (unpaired) electrons. The molecule has 0 bridgehead atoms. The van der Waals surface area contributed by atoms with Crippen LogP contribution in [-0.4, -0.2) is 43.9 Å². The molecule has 3 unspecified atom stereocenters. The third kappa shape index (κ3) is 17.7. The fourth-order valence-corrected chi connectivity index (χ4v) is 6.81. The summed E-state index contributed by atoms with van der Waals surface area (Å²) in [7, 11) is -1.94. The third-order valence-corrected chi connectivity index (χ3v) is 9.58. The lowest BCUT2D eigenvalue weighted by atomic mass is 10.0. The molecule has 5 nitrogen and oxygen atoms in total. The van der Waals surface area contributed by atoms with E-state index in [-0.39, 0.29) is 12.7 Å². The quantitative estimate of drug-likeness (QED) is 0.0755. The van der Waals surface area contributed by atoms with Gasteiger partial charge in [-0.05, 0) is 24.8 Å². The van der Waals surface area contributed by atoms with Gasteiger partial charge in [0, 0.05) is 12.8 Å². The Morgan fingerprint density at radius 3 is 1.90 bits per heavy atom. The van der Waals surface area contributed by atoms with E-state index in [4.69, 9.17) is 9.05 Å². The Bertz CT molecular complexity index is 761. The number of unbranched alkanes of at least 4 members (excludes halogenated alkanes) is 15. The molecule has 0 aromatic heterocycles. The van der Waals surface area contributed by atoms with Crippen molar-refractivity contribution >= 4 is 7.82 Å². The molecule has 1 aromatic rings. The van der Waals surface area contributed by atoms with Crippen LogP contribution < -0.4 is 4.89 Å². The summed E-state index contributed by atoms with van der Waals surface area (Å²) in [6, 6.07) is 10.6. The number of phosphoric acid groups is 1. The predicted octanol–water partition coefficient (Wildman–Crippen LogP) is 8.99. The SMILES string of the molecule is CCCCCCCCCCCCCCCCCCOP(=O)([O-])OC1CCC[N+](C)(CCc2ccccc2)CC1. The van der Waals surface area contributed by atoms with Crippen LogP contribution in [0.15, 0.2) is 30.3 Å². The van der Waals surface area contributed by atoms with Gasteiger partial charge < -0.3 is 18.4 Å². The Morgan fingerprint density at radius 1 is 0.795 bits per heavy atom. The lowest BCUT2D eigenvalue weighted by molar-refractivity contribution is -0.908. The van der Waals surface area contributed by atoms with Gasteiger partial charge >= 0.3 is 0 Å². The smallest absolute Gasteiger partial charge is 0.268 e. The van der Waals surface area contributed by atoms with Gasteiger partial charge in [0.25, 0.3) is 7.82 Å². The van der Waals surface area contributed by atoms with Crippen LogP contribution in [0.1, 0.15) is 134 Å². The number of hydrogen-bond donors (Lipinski definition) is 0. The Labute approximate surface area is 241 Å². The van der Waals surface area contributed by atoms with E-state index < -0.39 is 7.82 Å². The normalized spacial score (nSPS) is 21.5. The number of nitrogens with zero attached hydrogens (tertiary/aromatic N) is 1. The molecule has 1 saturated heterocycles. The lowest BCUT2D eigenvalue weighted by Gasteiger charge is -2.34. The van der Waals surface area contributed by atoms with Crippen molar-refractivity contribution in [3.8, 4) is 0 Å². The molecule has 2 rings (SSSR count). The number of phosphoric ester groups is 1. The second kappa shape index (κ2) is 21.1. The first kappa shape index (κ1) is 34.5. The van der Waals surface area contributed by atoms with Gasteiger partial charge in [-0.25, -0.2) is 0 Å². The molecule has 226 valence electrons. The fourth-order valence-electron chi connectivity index (χ4n) is 5.82. The van der Waals surface area contributed by atoms with Gasteiger partial charge in [0.1, 0.15) is 0 Å². The summed E-state index contributed by atoms with van der Waals surface area (Å²) in [6.07, 6.45) is 24.1. The molecular weight excluding hydrogens is 505 g/mol. The summed E-state index contributed by atoms with van der Waals surface area (Å²) in [4.78, 5) is 12.4. The highest BCUT2D eigenvalue weighted by Crippen LogP contribution is 2.42. The Balaban J connectivity index is 1.43. The molecule has 1 aliphatic rings. The van der Waals surface area contributed by atoms with Crippen LogP contribution in [0.2, 0.25) is 0 Å². The van der Waals surface area contributed by atoms with Crippen LogP contribution in [0.5, 0.6) is 0 Å². The third-order valence-electron chi connectivity index (χ3n) is 8.52. The standard InChI is InChI=1S/C33H60NO4P/c1-3-4-5-6-7-8-9-10-11-12-13-14-15-16-17-21-31-37-39(35,36)38-33-25-22-28-34(2,30-27-33)29-26-32-23-19-18-20-24-32/h18-20,23-24,33H,3-17,21-22,25-31H2,1-2H3. The maximum atomic E-state index is 12.4. The fraction of sp³-hybridized carbons (Fsp3) is 0.818. The molecule has 1 fully saturated rings. The molecule has 39 heavy (non-hydrogen) atoms. The number of rotatable bonds is 23. The molecule has 1 heterocycles. The Hall–Kier alpha value is -0.710. The minimum atomic E-state index is -4.23. The van der Waals surface area contributed by atoms with E-state index in [1.807, 2.05) is 0 Å². The molecule has 0 spiro atoms. The number of benzene rings is 1. The van der Waals surface area contributed by atoms with Crippen LogP contribution in [0.4, 0.5) is 0 Å². The first-order valence-corrected chi connectivity index (χ1v) is 17.9. The highest BCUT2D eigenvalue weighted by Gasteiger charge is 2.29. The molecule has 1 aliphatic heterocycles. The van der Waals surface area contributed by atoms with E-state index in [9.17, 15) is 9.46 Å². The molecule has 0 amide bonds. The average molecular weight is 566 g/mol. The largest absolute Gasteiger partial charge is 0.756 e. The maximum Gasteiger partial charge on any atom is 0.268 e. The van der Waals surface area contributed by atoms with E-state index >= 15 is 0 Å². The van der Waals surface area contributed by atoms with Crippen LogP contribution in [-0.2, 0) is 20.0 Å². The minimum Gasteiger partial charge on any atom is -0.756 e. The van der Waals surface area contributed by atoms with Crippen molar-refractivity contribution in [2.24, 2.45) is 0 Å². The van der Waals surface area contributed by atoms with Crippen molar-refractivity contribution in [1.82, 2.24) is 0 Å². The average Bonchev–Trinajstić information content (AvgIpc) is 3.11. The zero-order valence-corrected chi connectivity index (χ0v) is 26.4. The summed E-state index contributed by atoms with van der Waals surface area (Å²) >= 11 is 0. The van der Waals surface area contributed by atoms with Crippen molar-refractivity contribution in [3.63, 3.8) is 0 Å². The van der Waals surface area contributed by atoms with Crippen molar-refractivity contribution in [2.45, 2.75) is 141 Å². The number of hydrogen-bond acceptors (Lipinski definition) is 4. The van der Waals surface area contributed by atoms with Crippen molar-refractivity contribution < 1.29 is 23.0 Å². The summed E-state index contributed by atoms with van der Waals surface area (Å²) in [6.45, 7) is 5.60. The number of likely N-dealkylation sites (N-methyl/N-ethyl adjacent to an activating group) is 1. The van der Waals surface area contributed by atoms with Gasteiger partial charge in [-0.3, -0.25) is 4.57 Å². The topological polar surface area (TPSA) is 58.6 Å². The van der Waals surface area contributed by atoms with E-state index in [1.165, 1.54) is 89.0 Å². The molecule has 0 aliphatic carbocycles. The summed E-state index contributed by atoms with van der Waals surface area (Å²) < 4.78 is 24.1. The van der Waals surface area contributed by atoms with E-state index in [2.05, 4.69) is 44.3 Å². The summed E-state index contributed by atoms with van der Waals surface area (Å²) in [5.74, 6) is 0. The predicted molar refractivity (Wildman–Crippen MR) is 163 cm³/mol. The van der Waals surface area contributed by atoms with Gasteiger partial charge in [-0.1, -0.05) is 134 Å². The van der Waals surface area contributed by atoms with Crippen molar-refractivity contribution in [1.29, 1.82) is 0 Å². The van der Waals surface area contributed by atoms with Crippen molar-refractivity contribution in [2.75, 3.05) is 33.3 Å². The molecular formula is C33H60NO4P. The zero-order valence-electron chi connectivity index (χ0n) is 25.5. The van der Waals surface area contributed by atoms with E-state index in [0.29, 0.717) is 0 Å². The summed E-state index contributed by atoms with van der Waals surface area (Å²) in [5, 5.41) is 0. The van der Waals surface area contributed by atoms with Gasteiger partial charge in [0.15, 0.2) is 0 Å². The minimum absolute atomic E-state index is 0.247. The van der Waals surface area contributed by atoms with Gasteiger partial charge in [0.2, 0.25) is 0 Å². The first-order chi connectivity index (χ1) is 18.9. The molecule has 0 saturated carbocycles. The van der Waals surface area contributed by atoms with Gasteiger partial charge in [0.05, 0.1) is 39.4 Å². The monoisotopic (exact) mass is 565 g/mol. The number of quaternary nitrogens is 1. The molecule has 3 atom stereocenters. The Morgan fingerprint density at radius 2 is 1.33 bits per heavy atom. The summed E-state index contributed by atoms with van der Waals surface area (Å²) in [5.41, 5.74) is 1.36. The van der Waals surface area contributed by atoms with Crippen LogP contribution in [0, 0.1) is 0 Å². The van der Waals surface area contributed by atoms with Gasteiger partial charge in [-0.2, -0.15) is 0 Å². The highest BCUT2D eigenvalue weighted by atomic mass is 31.2. The molecule has 0 N–H and O–H groups in total. The first-order valence-electron chi connectivity index (χ1n) is 16.4. The van der Waals surface area contributed by atoms with E-state index in [0.717, 1.165) is 69.1 Å². The lowest BCUT2D eigenvalue weighted by Crippen LogP contribution is -2.46. The highest BCUT2D eigenvalue weighted by molar-refractivity contribution is 7.45. The van der Waals surface area contributed by atoms with Crippen LogP contribution in [0.25, 0.3) is 0 Å². The number of likely N-dealkylation sites (tertiary alicyclic amines) is 1. The van der Waals surface area contributed by atoms with E-state index in [1.54, 1.807) is 0 Å². The molecule has 6 heteroatoms. The molecule has 1 aromatic carbocycles. The second-order valence-electron chi connectivity index (χ2n) is 12.3. The van der Waals surface area contributed by atoms with Crippen LogP contribution in [0.3, 0.4) is 0 Å². The Kier molecular flexibility index (Phi) is 18.6. The second-order valence-corrected chi connectivity index (χ2v) is 13.6. The van der Waals surface area contributed by atoms with Crippen LogP contribution >= 0.6 is 7.82 Å².